The minimum absolute atomic E-state index is 0.00834. The van der Waals surface area contributed by atoms with Crippen LogP contribution in [0.5, 0.6) is 0 Å². The lowest BCUT2D eigenvalue weighted by atomic mass is 10.0. The molecule has 0 heterocycles. The molecular formula is C14H22N2O. The molecule has 94 valence electrons. The van der Waals surface area contributed by atoms with Crippen molar-refractivity contribution in [1.82, 2.24) is 10.6 Å². The van der Waals surface area contributed by atoms with Gasteiger partial charge in [-0.2, -0.15) is 0 Å². The van der Waals surface area contributed by atoms with E-state index in [4.69, 9.17) is 0 Å². The van der Waals surface area contributed by atoms with Gasteiger partial charge in [-0.3, -0.25) is 4.79 Å². The Morgan fingerprint density at radius 2 is 2.00 bits per heavy atom. The molecular weight excluding hydrogens is 212 g/mol. The second kappa shape index (κ2) is 5.32. The topological polar surface area (TPSA) is 41.1 Å². The molecule has 1 amide bonds. The molecule has 1 aromatic rings. The number of benzene rings is 1. The Morgan fingerprint density at radius 3 is 2.53 bits per heavy atom. The fourth-order valence-corrected chi connectivity index (χ4v) is 1.51. The van der Waals surface area contributed by atoms with Crippen molar-refractivity contribution in [1.29, 1.82) is 0 Å². The molecule has 1 rings (SSSR count). The van der Waals surface area contributed by atoms with Gasteiger partial charge in [-0.15, -0.1) is 0 Å². The maximum atomic E-state index is 12.0. The monoisotopic (exact) mass is 234 g/mol. The van der Waals surface area contributed by atoms with Crippen LogP contribution < -0.4 is 10.6 Å². The van der Waals surface area contributed by atoms with Crippen molar-refractivity contribution in [3.05, 3.63) is 35.4 Å². The van der Waals surface area contributed by atoms with Gasteiger partial charge < -0.3 is 10.6 Å². The molecule has 0 spiro atoms. The molecule has 1 aromatic carbocycles. The smallest absolute Gasteiger partial charge is 0.240 e. The van der Waals surface area contributed by atoms with E-state index in [2.05, 4.69) is 29.7 Å². The second-order valence-electron chi connectivity index (χ2n) is 4.98. The zero-order valence-corrected chi connectivity index (χ0v) is 11.3. The normalized spacial score (nSPS) is 13.2. The fraction of sp³-hybridized carbons (Fsp3) is 0.500. The molecule has 0 radical (unpaired) electrons. The second-order valence-corrected chi connectivity index (χ2v) is 4.98. The van der Waals surface area contributed by atoms with Crippen molar-refractivity contribution >= 4 is 5.91 Å². The average molecular weight is 234 g/mol. The molecule has 3 nitrogen and oxygen atoms in total. The number of rotatable bonds is 4. The first-order valence-electron chi connectivity index (χ1n) is 5.93. The molecule has 0 saturated heterocycles. The van der Waals surface area contributed by atoms with Crippen molar-refractivity contribution in [3.8, 4) is 0 Å². The molecule has 2 N–H and O–H groups in total. The van der Waals surface area contributed by atoms with Crippen molar-refractivity contribution < 1.29 is 4.79 Å². The molecule has 0 fully saturated rings. The molecule has 0 unspecified atom stereocenters. The highest BCUT2D eigenvalue weighted by Crippen LogP contribution is 2.15. The van der Waals surface area contributed by atoms with Gasteiger partial charge in [0.1, 0.15) is 0 Å². The van der Waals surface area contributed by atoms with Crippen LogP contribution in [0.4, 0.5) is 0 Å². The van der Waals surface area contributed by atoms with Crippen LogP contribution in [0, 0.1) is 6.92 Å². The molecule has 0 aliphatic heterocycles. The molecule has 17 heavy (non-hydrogen) atoms. The Hall–Kier alpha value is -1.35. The number of carbonyl (C=O) groups is 1. The van der Waals surface area contributed by atoms with E-state index in [1.54, 1.807) is 7.05 Å². The molecule has 3 heteroatoms. The third kappa shape index (κ3) is 3.56. The SMILES string of the molecule is CNC(C)(C)C(=O)N[C@H](C)c1cccc(C)c1. The number of aryl methyl sites for hydroxylation is 1. The molecule has 0 aliphatic carbocycles. The van der Waals surface area contributed by atoms with Gasteiger partial charge in [-0.25, -0.2) is 0 Å². The summed E-state index contributed by atoms with van der Waals surface area (Å²) < 4.78 is 0. The molecule has 0 aliphatic rings. The van der Waals surface area contributed by atoms with Crippen LogP contribution in [0.2, 0.25) is 0 Å². The van der Waals surface area contributed by atoms with Crippen LogP contribution in [-0.2, 0) is 4.79 Å². The van der Waals surface area contributed by atoms with Gasteiger partial charge in [0.05, 0.1) is 11.6 Å². The zero-order valence-electron chi connectivity index (χ0n) is 11.3. The van der Waals surface area contributed by atoms with Gasteiger partial charge in [0.15, 0.2) is 0 Å². The maximum absolute atomic E-state index is 12.0. The lowest BCUT2D eigenvalue weighted by Crippen LogP contribution is -2.51. The van der Waals surface area contributed by atoms with E-state index in [1.807, 2.05) is 32.9 Å². The van der Waals surface area contributed by atoms with E-state index < -0.39 is 5.54 Å². The number of hydrogen-bond acceptors (Lipinski definition) is 2. The number of amides is 1. The summed E-state index contributed by atoms with van der Waals surface area (Å²) in [7, 11) is 1.79. The predicted octanol–water partition coefficient (Wildman–Crippen LogP) is 2.17. The Kier molecular flexibility index (Phi) is 4.29. The summed E-state index contributed by atoms with van der Waals surface area (Å²) in [6.45, 7) is 7.78. The van der Waals surface area contributed by atoms with E-state index >= 15 is 0 Å². The van der Waals surface area contributed by atoms with Crippen molar-refractivity contribution in [3.63, 3.8) is 0 Å². The van der Waals surface area contributed by atoms with Crippen LogP contribution in [0.3, 0.4) is 0 Å². The lowest BCUT2D eigenvalue weighted by molar-refractivity contribution is -0.126. The quantitative estimate of drug-likeness (QED) is 0.838. The standard InChI is InChI=1S/C14H22N2O/c1-10-7-6-8-12(9-10)11(2)16-13(17)14(3,4)15-5/h6-9,11,15H,1-5H3,(H,16,17)/t11-/m1/s1. The van der Waals surface area contributed by atoms with Crippen molar-refractivity contribution in [2.45, 2.75) is 39.3 Å². The van der Waals surface area contributed by atoms with Crippen LogP contribution >= 0.6 is 0 Å². The van der Waals surface area contributed by atoms with Gasteiger partial charge in [0.25, 0.3) is 0 Å². The Labute approximate surface area is 104 Å². The van der Waals surface area contributed by atoms with Gasteiger partial charge >= 0.3 is 0 Å². The predicted molar refractivity (Wildman–Crippen MR) is 70.9 cm³/mol. The summed E-state index contributed by atoms with van der Waals surface area (Å²) in [5, 5.41) is 6.01. The van der Waals surface area contributed by atoms with E-state index in [9.17, 15) is 4.79 Å². The van der Waals surface area contributed by atoms with Crippen LogP contribution in [0.15, 0.2) is 24.3 Å². The summed E-state index contributed by atoms with van der Waals surface area (Å²) in [4.78, 5) is 12.0. The maximum Gasteiger partial charge on any atom is 0.240 e. The third-order valence-electron chi connectivity index (χ3n) is 3.08. The van der Waals surface area contributed by atoms with Crippen LogP contribution in [-0.4, -0.2) is 18.5 Å². The van der Waals surface area contributed by atoms with Crippen molar-refractivity contribution in [2.75, 3.05) is 7.05 Å². The molecule has 0 aromatic heterocycles. The molecule has 0 saturated carbocycles. The minimum Gasteiger partial charge on any atom is -0.348 e. The number of likely N-dealkylation sites (N-methyl/N-ethyl adjacent to an activating group) is 1. The first kappa shape index (κ1) is 13.7. The summed E-state index contributed by atoms with van der Waals surface area (Å²) in [5.41, 5.74) is 1.79. The van der Waals surface area contributed by atoms with Gasteiger partial charge in [-0.1, -0.05) is 29.8 Å². The molecule has 1 atom stereocenters. The van der Waals surface area contributed by atoms with E-state index in [-0.39, 0.29) is 11.9 Å². The van der Waals surface area contributed by atoms with Gasteiger partial charge in [-0.05, 0) is 40.3 Å². The van der Waals surface area contributed by atoms with E-state index in [0.717, 1.165) is 5.56 Å². The van der Waals surface area contributed by atoms with E-state index in [0.29, 0.717) is 0 Å². The van der Waals surface area contributed by atoms with Crippen LogP contribution in [0.1, 0.15) is 37.9 Å². The molecule has 0 bridgehead atoms. The zero-order chi connectivity index (χ0) is 13.1. The number of nitrogens with one attached hydrogen (secondary N) is 2. The Morgan fingerprint density at radius 1 is 1.35 bits per heavy atom. The lowest BCUT2D eigenvalue weighted by Gasteiger charge is -2.25. The summed E-state index contributed by atoms with van der Waals surface area (Å²) in [6, 6.07) is 8.21. The summed E-state index contributed by atoms with van der Waals surface area (Å²) in [6.07, 6.45) is 0. The summed E-state index contributed by atoms with van der Waals surface area (Å²) in [5.74, 6) is 0.00834. The highest BCUT2D eigenvalue weighted by molar-refractivity contribution is 5.85. The fourth-order valence-electron chi connectivity index (χ4n) is 1.51. The largest absolute Gasteiger partial charge is 0.348 e. The Bertz CT molecular complexity index is 399. The van der Waals surface area contributed by atoms with Crippen LogP contribution in [0.25, 0.3) is 0 Å². The van der Waals surface area contributed by atoms with Gasteiger partial charge in [0.2, 0.25) is 5.91 Å². The average Bonchev–Trinajstić information content (AvgIpc) is 2.28. The first-order valence-corrected chi connectivity index (χ1v) is 5.93. The van der Waals surface area contributed by atoms with E-state index in [1.165, 1.54) is 5.56 Å². The Balaban J connectivity index is 2.73. The number of hydrogen-bond donors (Lipinski definition) is 2. The highest BCUT2D eigenvalue weighted by Gasteiger charge is 2.26. The number of carbonyl (C=O) groups excluding carboxylic acids is 1. The minimum atomic E-state index is -0.544. The summed E-state index contributed by atoms with van der Waals surface area (Å²) >= 11 is 0. The first-order chi connectivity index (χ1) is 7.86. The highest BCUT2D eigenvalue weighted by atomic mass is 16.2. The third-order valence-corrected chi connectivity index (χ3v) is 3.08. The van der Waals surface area contributed by atoms with Gasteiger partial charge in [0, 0.05) is 0 Å². The van der Waals surface area contributed by atoms with Crippen molar-refractivity contribution in [2.24, 2.45) is 0 Å².